The Hall–Kier alpha value is -3.65. The number of carbonyl (C=O) groups excluding carboxylic acids is 1. The zero-order valence-electron chi connectivity index (χ0n) is 17.7. The number of rotatable bonds is 7. The van der Waals surface area contributed by atoms with Crippen LogP contribution in [0, 0.1) is 0 Å². The van der Waals surface area contributed by atoms with Crippen LogP contribution in [-0.2, 0) is 0 Å². The topological polar surface area (TPSA) is 119 Å². The van der Waals surface area contributed by atoms with E-state index >= 15 is 0 Å². The average molecular weight is 435 g/mol. The van der Waals surface area contributed by atoms with Gasteiger partial charge in [-0.1, -0.05) is 43.3 Å². The van der Waals surface area contributed by atoms with Gasteiger partial charge in [-0.15, -0.1) is 0 Å². The molecule has 0 saturated carbocycles. The summed E-state index contributed by atoms with van der Waals surface area (Å²) in [5.41, 5.74) is 0.100. The Morgan fingerprint density at radius 2 is 1.81 bits per heavy atom. The highest BCUT2D eigenvalue weighted by atomic mass is 16.3. The van der Waals surface area contributed by atoms with Crippen molar-refractivity contribution in [3.8, 4) is 5.75 Å². The summed E-state index contributed by atoms with van der Waals surface area (Å²) in [6, 6.07) is 14.0. The highest BCUT2D eigenvalue weighted by molar-refractivity contribution is 5.99. The van der Waals surface area contributed by atoms with Gasteiger partial charge in [-0.2, -0.15) is 0 Å². The highest BCUT2D eigenvalue weighted by Crippen LogP contribution is 2.33. The maximum Gasteiger partial charge on any atom is 0.257 e. The van der Waals surface area contributed by atoms with Gasteiger partial charge in [0.2, 0.25) is 0 Å². The van der Waals surface area contributed by atoms with Crippen LogP contribution in [0.1, 0.15) is 41.7 Å². The molecular formula is C24H25N3O5. The molecule has 1 saturated heterocycles. The normalized spacial score (nSPS) is 16.8. The number of nitrogens with zero attached hydrogens (tertiary/aromatic N) is 1. The van der Waals surface area contributed by atoms with Crippen LogP contribution in [0.5, 0.6) is 5.75 Å². The van der Waals surface area contributed by atoms with Crippen LogP contribution in [-0.4, -0.2) is 40.2 Å². The van der Waals surface area contributed by atoms with E-state index in [9.17, 15) is 24.6 Å². The van der Waals surface area contributed by atoms with Gasteiger partial charge in [0.1, 0.15) is 11.4 Å². The van der Waals surface area contributed by atoms with Gasteiger partial charge in [0.15, 0.2) is 5.75 Å². The number of benzene rings is 2. The Kier molecular flexibility index (Phi) is 5.96. The maximum absolute atomic E-state index is 12.7. The van der Waals surface area contributed by atoms with Crippen LogP contribution in [0.4, 0.5) is 17.1 Å². The maximum atomic E-state index is 12.7. The number of carbonyl (C=O) groups is 1. The minimum atomic E-state index is -0.686. The fourth-order valence-electron chi connectivity index (χ4n) is 3.98. The second kappa shape index (κ2) is 8.84. The molecule has 4 N–H and O–H groups in total. The summed E-state index contributed by atoms with van der Waals surface area (Å²) in [5.74, 6) is -0.714. The van der Waals surface area contributed by atoms with Gasteiger partial charge in [-0.05, 0) is 30.5 Å². The van der Waals surface area contributed by atoms with Crippen LogP contribution in [0.25, 0.3) is 0 Å². The third-order valence-electron chi connectivity index (χ3n) is 5.82. The van der Waals surface area contributed by atoms with Gasteiger partial charge >= 0.3 is 0 Å². The minimum Gasteiger partial charge on any atom is -0.505 e. The summed E-state index contributed by atoms with van der Waals surface area (Å²) in [4.78, 5) is 38.7. The lowest BCUT2D eigenvalue weighted by Crippen LogP contribution is -2.37. The fourth-order valence-corrected chi connectivity index (χ4v) is 3.98. The lowest BCUT2D eigenvalue weighted by Gasteiger charge is -2.22. The highest BCUT2D eigenvalue weighted by Gasteiger charge is 2.29. The molecule has 1 aliphatic heterocycles. The van der Waals surface area contributed by atoms with E-state index in [1.807, 2.05) is 37.3 Å². The molecule has 0 bridgehead atoms. The molecular weight excluding hydrogens is 410 g/mol. The van der Waals surface area contributed by atoms with Crippen molar-refractivity contribution in [2.24, 2.45) is 0 Å². The van der Waals surface area contributed by atoms with Gasteiger partial charge in [0, 0.05) is 13.1 Å². The Morgan fingerprint density at radius 3 is 2.47 bits per heavy atom. The van der Waals surface area contributed by atoms with Crippen molar-refractivity contribution in [2.75, 3.05) is 23.7 Å². The SMILES string of the molecule is CCC(Nc1c(Nc2cccc(C(=O)N3CC[C@@H](O)C3)c2O)c(=O)c1=O)c1ccccc1. The summed E-state index contributed by atoms with van der Waals surface area (Å²) in [6.45, 7) is 2.58. The van der Waals surface area contributed by atoms with E-state index in [-0.39, 0.29) is 41.0 Å². The molecule has 0 spiro atoms. The average Bonchev–Trinajstić information content (AvgIpc) is 3.25. The van der Waals surface area contributed by atoms with Crippen LogP contribution >= 0.6 is 0 Å². The third-order valence-corrected chi connectivity index (χ3v) is 5.82. The lowest BCUT2D eigenvalue weighted by atomic mass is 10.0. The molecule has 4 rings (SSSR count). The predicted molar refractivity (Wildman–Crippen MR) is 122 cm³/mol. The van der Waals surface area contributed by atoms with Crippen molar-refractivity contribution in [2.45, 2.75) is 31.9 Å². The van der Waals surface area contributed by atoms with Crippen LogP contribution in [0.15, 0.2) is 58.1 Å². The molecule has 2 atom stereocenters. The Balaban J connectivity index is 1.58. The number of amides is 1. The van der Waals surface area contributed by atoms with Gasteiger partial charge in [-0.25, -0.2) is 0 Å². The van der Waals surface area contributed by atoms with Gasteiger partial charge in [0.25, 0.3) is 16.8 Å². The number of aliphatic hydroxyl groups excluding tert-OH is 1. The summed E-state index contributed by atoms with van der Waals surface area (Å²) >= 11 is 0. The zero-order chi connectivity index (χ0) is 22.8. The van der Waals surface area contributed by atoms with Crippen molar-refractivity contribution >= 4 is 23.0 Å². The number of hydrogen-bond acceptors (Lipinski definition) is 7. The number of β-amino-alcohol motifs (C(OH)–C–C–N with tert-alkyl or cyclic N) is 1. The molecule has 8 heteroatoms. The molecule has 1 unspecified atom stereocenters. The molecule has 3 aromatic carbocycles. The molecule has 0 aromatic heterocycles. The Labute approximate surface area is 184 Å². The van der Waals surface area contributed by atoms with Crippen molar-refractivity contribution in [1.29, 1.82) is 0 Å². The summed E-state index contributed by atoms with van der Waals surface area (Å²) < 4.78 is 0. The second-order valence-corrected chi connectivity index (χ2v) is 7.94. The summed E-state index contributed by atoms with van der Waals surface area (Å²) in [7, 11) is 0. The number of phenols is 1. The first-order valence-electron chi connectivity index (χ1n) is 10.6. The first-order valence-corrected chi connectivity index (χ1v) is 10.6. The number of aliphatic hydroxyl groups is 1. The number of anilines is 3. The van der Waals surface area contributed by atoms with Crippen molar-refractivity contribution in [1.82, 2.24) is 4.90 Å². The Morgan fingerprint density at radius 1 is 1.09 bits per heavy atom. The van der Waals surface area contributed by atoms with Crippen molar-refractivity contribution in [3.63, 3.8) is 0 Å². The molecule has 1 aliphatic rings. The van der Waals surface area contributed by atoms with E-state index in [0.29, 0.717) is 19.4 Å². The van der Waals surface area contributed by atoms with E-state index < -0.39 is 22.9 Å². The zero-order valence-corrected chi connectivity index (χ0v) is 17.7. The largest absolute Gasteiger partial charge is 0.505 e. The molecule has 166 valence electrons. The number of phenolic OH excluding ortho intramolecular Hbond substituents is 1. The number of aromatic hydroxyl groups is 1. The van der Waals surface area contributed by atoms with Crippen LogP contribution < -0.4 is 21.5 Å². The van der Waals surface area contributed by atoms with Crippen molar-refractivity contribution in [3.05, 3.63) is 80.1 Å². The first kappa shape index (κ1) is 21.6. The van der Waals surface area contributed by atoms with E-state index in [0.717, 1.165) is 5.56 Å². The predicted octanol–water partition coefficient (Wildman–Crippen LogP) is 2.50. The second-order valence-electron chi connectivity index (χ2n) is 7.94. The molecule has 1 fully saturated rings. The quantitative estimate of drug-likeness (QED) is 0.333. The number of likely N-dealkylation sites (tertiary alicyclic amines) is 1. The van der Waals surface area contributed by atoms with Crippen LogP contribution in [0.2, 0.25) is 0 Å². The standard InChI is InChI=1S/C24H25N3O5/c1-2-17(14-7-4-3-5-8-14)25-19-20(23(31)22(19)30)26-18-10-6-9-16(21(18)29)24(32)27-12-11-15(28)13-27/h3-10,15,17,25-26,28-29H,2,11-13H2,1H3/t15-,17?/m1/s1. The van der Waals surface area contributed by atoms with Gasteiger partial charge < -0.3 is 25.7 Å². The summed E-state index contributed by atoms with van der Waals surface area (Å²) in [6.07, 6.45) is 0.609. The van der Waals surface area contributed by atoms with Crippen LogP contribution in [0.3, 0.4) is 0 Å². The van der Waals surface area contributed by atoms with E-state index in [1.54, 1.807) is 6.07 Å². The molecule has 0 aliphatic carbocycles. The van der Waals surface area contributed by atoms with E-state index in [4.69, 9.17) is 0 Å². The molecule has 8 nitrogen and oxygen atoms in total. The number of hydrogen-bond donors (Lipinski definition) is 4. The molecule has 1 amide bonds. The van der Waals surface area contributed by atoms with E-state index in [2.05, 4.69) is 10.6 Å². The van der Waals surface area contributed by atoms with Gasteiger partial charge in [-0.3, -0.25) is 14.4 Å². The number of para-hydroxylation sites is 1. The van der Waals surface area contributed by atoms with Crippen molar-refractivity contribution < 1.29 is 15.0 Å². The molecule has 3 aromatic rings. The summed E-state index contributed by atoms with van der Waals surface area (Å²) in [5, 5.41) is 26.3. The first-order chi connectivity index (χ1) is 15.4. The minimum absolute atomic E-state index is 0.0564. The lowest BCUT2D eigenvalue weighted by molar-refractivity contribution is 0.0762. The fraction of sp³-hybridized carbons (Fsp3) is 0.292. The smallest absolute Gasteiger partial charge is 0.257 e. The Bertz CT molecular complexity index is 1200. The van der Waals surface area contributed by atoms with E-state index in [1.165, 1.54) is 17.0 Å². The third kappa shape index (κ3) is 3.97. The molecule has 0 radical (unpaired) electrons. The van der Waals surface area contributed by atoms with Gasteiger partial charge in [0.05, 0.1) is 23.4 Å². The molecule has 1 heterocycles. The monoisotopic (exact) mass is 435 g/mol. The number of nitrogens with one attached hydrogen (secondary N) is 2. The molecule has 32 heavy (non-hydrogen) atoms.